The summed E-state index contributed by atoms with van der Waals surface area (Å²) < 4.78 is 21.3. The van der Waals surface area contributed by atoms with Gasteiger partial charge in [-0.3, -0.25) is 4.90 Å². The second-order valence-corrected chi connectivity index (χ2v) is 7.86. The molecule has 0 spiro atoms. The Morgan fingerprint density at radius 1 is 1.06 bits per heavy atom. The number of nitrogens with zero attached hydrogens (tertiary/aromatic N) is 3. The first-order valence-electron chi connectivity index (χ1n) is 11.0. The number of hydrogen-bond acceptors (Lipinski definition) is 4. The first-order chi connectivity index (χ1) is 15.0. The minimum atomic E-state index is -0.366. The number of halogens is 1. The van der Waals surface area contributed by atoms with Gasteiger partial charge in [0.05, 0.1) is 11.7 Å². The van der Waals surface area contributed by atoms with Crippen molar-refractivity contribution in [2.45, 2.75) is 45.8 Å². The second kappa shape index (κ2) is 11.1. The summed E-state index contributed by atoms with van der Waals surface area (Å²) in [5.74, 6) is 0.872. The zero-order valence-corrected chi connectivity index (χ0v) is 18.6. The smallest absolute Gasteiger partial charge is 0.222 e. The van der Waals surface area contributed by atoms with Crippen molar-refractivity contribution in [2.75, 3.05) is 13.1 Å². The van der Waals surface area contributed by atoms with E-state index in [9.17, 15) is 9.50 Å². The molecule has 166 valence electrons. The molecular weight excluding hydrogens is 393 g/mol. The standard InChI is InChI=1S/C25H32FN3O2/c1-4-9-21(30)17-29(16-5-2)18-23-24(19-10-7-6-8-11-19)27-28(3)25(23)31-22-14-12-20(26)13-15-22/h6-8,10-15,21,30H,4-5,9,16-18H2,1-3H3. The van der Waals surface area contributed by atoms with Crippen LogP contribution in [0.15, 0.2) is 54.6 Å². The maximum absolute atomic E-state index is 13.3. The molecule has 5 nitrogen and oxygen atoms in total. The van der Waals surface area contributed by atoms with Crippen molar-refractivity contribution in [2.24, 2.45) is 7.05 Å². The minimum Gasteiger partial charge on any atom is -0.439 e. The number of benzene rings is 2. The number of aromatic nitrogens is 2. The van der Waals surface area contributed by atoms with Gasteiger partial charge in [0.2, 0.25) is 5.88 Å². The highest BCUT2D eigenvalue weighted by Crippen LogP contribution is 2.34. The van der Waals surface area contributed by atoms with E-state index in [-0.39, 0.29) is 11.9 Å². The van der Waals surface area contributed by atoms with Crippen LogP contribution < -0.4 is 4.74 Å². The Morgan fingerprint density at radius 3 is 2.42 bits per heavy atom. The topological polar surface area (TPSA) is 50.5 Å². The first kappa shape index (κ1) is 23.0. The van der Waals surface area contributed by atoms with Crippen molar-refractivity contribution in [1.29, 1.82) is 0 Å². The van der Waals surface area contributed by atoms with Gasteiger partial charge in [0.25, 0.3) is 0 Å². The van der Waals surface area contributed by atoms with Gasteiger partial charge < -0.3 is 9.84 Å². The summed E-state index contributed by atoms with van der Waals surface area (Å²) in [7, 11) is 1.85. The highest BCUT2D eigenvalue weighted by molar-refractivity contribution is 5.65. The van der Waals surface area contributed by atoms with Crippen LogP contribution in [0.5, 0.6) is 11.6 Å². The molecule has 1 unspecified atom stereocenters. The number of hydrogen-bond donors (Lipinski definition) is 1. The SMILES string of the molecule is CCCC(O)CN(CCC)Cc1c(-c2ccccc2)nn(C)c1Oc1ccc(F)cc1. The molecule has 1 atom stereocenters. The third-order valence-corrected chi connectivity index (χ3v) is 5.18. The summed E-state index contributed by atoms with van der Waals surface area (Å²) >= 11 is 0. The van der Waals surface area contributed by atoms with Crippen molar-refractivity contribution in [3.05, 3.63) is 66.0 Å². The lowest BCUT2D eigenvalue weighted by molar-refractivity contribution is 0.100. The molecule has 31 heavy (non-hydrogen) atoms. The molecule has 1 N–H and O–H groups in total. The molecule has 0 saturated heterocycles. The third-order valence-electron chi connectivity index (χ3n) is 5.18. The quantitative estimate of drug-likeness (QED) is 0.447. The van der Waals surface area contributed by atoms with E-state index in [1.165, 1.54) is 12.1 Å². The molecule has 0 aliphatic heterocycles. The average Bonchev–Trinajstić information content (AvgIpc) is 3.06. The Labute approximate surface area is 184 Å². The van der Waals surface area contributed by atoms with Crippen molar-refractivity contribution < 1.29 is 14.2 Å². The fraction of sp³-hybridized carbons (Fsp3) is 0.400. The van der Waals surface area contributed by atoms with Crippen LogP contribution in [0.25, 0.3) is 11.3 Å². The number of aliphatic hydroxyl groups is 1. The van der Waals surface area contributed by atoms with E-state index >= 15 is 0 Å². The Morgan fingerprint density at radius 2 is 1.77 bits per heavy atom. The molecule has 0 saturated carbocycles. The van der Waals surface area contributed by atoms with E-state index in [1.54, 1.807) is 16.8 Å². The van der Waals surface area contributed by atoms with Crippen LogP contribution in [0.4, 0.5) is 4.39 Å². The van der Waals surface area contributed by atoms with Crippen molar-refractivity contribution in [3.8, 4) is 22.9 Å². The largest absolute Gasteiger partial charge is 0.439 e. The summed E-state index contributed by atoms with van der Waals surface area (Å²) in [5, 5.41) is 15.2. The van der Waals surface area contributed by atoms with Gasteiger partial charge in [0.15, 0.2) is 0 Å². The van der Waals surface area contributed by atoms with Crippen LogP contribution in [-0.2, 0) is 13.6 Å². The number of rotatable bonds is 11. The molecule has 0 amide bonds. The highest BCUT2D eigenvalue weighted by Gasteiger charge is 2.23. The molecule has 0 aliphatic rings. The van der Waals surface area contributed by atoms with Gasteiger partial charge >= 0.3 is 0 Å². The number of ether oxygens (including phenoxy) is 1. The molecule has 2 aromatic carbocycles. The van der Waals surface area contributed by atoms with E-state index in [0.717, 1.165) is 42.6 Å². The van der Waals surface area contributed by atoms with Gasteiger partial charge in [0, 0.05) is 25.7 Å². The zero-order valence-electron chi connectivity index (χ0n) is 18.6. The molecule has 0 bridgehead atoms. The van der Waals surface area contributed by atoms with Gasteiger partial charge in [-0.05, 0) is 43.7 Å². The molecular formula is C25H32FN3O2. The van der Waals surface area contributed by atoms with Gasteiger partial charge in [-0.15, -0.1) is 0 Å². The van der Waals surface area contributed by atoms with E-state index in [1.807, 2.05) is 37.4 Å². The lowest BCUT2D eigenvalue weighted by atomic mass is 10.1. The zero-order chi connectivity index (χ0) is 22.2. The minimum absolute atomic E-state index is 0.304. The van der Waals surface area contributed by atoms with E-state index < -0.39 is 0 Å². The molecule has 1 heterocycles. The Balaban J connectivity index is 1.98. The Kier molecular flexibility index (Phi) is 8.20. The monoisotopic (exact) mass is 425 g/mol. The molecule has 3 aromatic rings. The van der Waals surface area contributed by atoms with Crippen molar-refractivity contribution in [1.82, 2.24) is 14.7 Å². The Hall–Kier alpha value is -2.70. The van der Waals surface area contributed by atoms with Crippen molar-refractivity contribution in [3.63, 3.8) is 0 Å². The van der Waals surface area contributed by atoms with E-state index in [0.29, 0.717) is 24.7 Å². The predicted molar refractivity (Wildman–Crippen MR) is 122 cm³/mol. The summed E-state index contributed by atoms with van der Waals surface area (Å²) in [6.07, 6.45) is 2.34. The van der Waals surface area contributed by atoms with Crippen LogP contribution in [0.1, 0.15) is 38.7 Å². The summed E-state index contributed by atoms with van der Waals surface area (Å²) in [6, 6.07) is 16.0. The summed E-state index contributed by atoms with van der Waals surface area (Å²) in [6.45, 7) is 6.27. The Bertz CT molecular complexity index is 941. The molecule has 0 aliphatic carbocycles. The molecule has 6 heteroatoms. The van der Waals surface area contributed by atoms with Gasteiger partial charge in [-0.1, -0.05) is 50.6 Å². The maximum Gasteiger partial charge on any atom is 0.222 e. The third kappa shape index (κ3) is 6.15. The normalized spacial score (nSPS) is 12.3. The van der Waals surface area contributed by atoms with Crippen LogP contribution in [-0.4, -0.2) is 39.0 Å². The number of aliphatic hydroxyl groups excluding tert-OH is 1. The van der Waals surface area contributed by atoms with Crippen molar-refractivity contribution >= 4 is 0 Å². The first-order valence-corrected chi connectivity index (χ1v) is 11.0. The predicted octanol–water partition coefficient (Wildman–Crippen LogP) is 5.39. The second-order valence-electron chi connectivity index (χ2n) is 7.86. The highest BCUT2D eigenvalue weighted by atomic mass is 19.1. The van der Waals surface area contributed by atoms with Gasteiger partial charge in [-0.25, -0.2) is 9.07 Å². The van der Waals surface area contributed by atoms with Crippen LogP contribution in [0.2, 0.25) is 0 Å². The lowest BCUT2D eigenvalue weighted by Crippen LogP contribution is -2.32. The molecule has 0 fully saturated rings. The molecule has 3 rings (SSSR count). The van der Waals surface area contributed by atoms with Gasteiger partial charge in [0.1, 0.15) is 17.3 Å². The summed E-state index contributed by atoms with van der Waals surface area (Å²) in [5.41, 5.74) is 2.81. The fourth-order valence-electron chi connectivity index (χ4n) is 3.76. The van der Waals surface area contributed by atoms with Gasteiger partial charge in [-0.2, -0.15) is 5.10 Å². The molecule has 1 aromatic heterocycles. The number of aryl methyl sites for hydroxylation is 1. The van der Waals surface area contributed by atoms with E-state index in [4.69, 9.17) is 9.84 Å². The lowest BCUT2D eigenvalue weighted by Gasteiger charge is -2.25. The van der Waals surface area contributed by atoms with Crippen LogP contribution in [0, 0.1) is 5.82 Å². The fourth-order valence-corrected chi connectivity index (χ4v) is 3.76. The maximum atomic E-state index is 13.3. The average molecular weight is 426 g/mol. The van der Waals surface area contributed by atoms with Crippen LogP contribution >= 0.6 is 0 Å². The van der Waals surface area contributed by atoms with E-state index in [2.05, 4.69) is 18.7 Å². The van der Waals surface area contributed by atoms with Crippen LogP contribution in [0.3, 0.4) is 0 Å². The molecule has 0 radical (unpaired) electrons. The summed E-state index contributed by atoms with van der Waals surface area (Å²) in [4.78, 5) is 2.25.